The fourth-order valence-electron chi connectivity index (χ4n) is 2.15. The van der Waals surface area contributed by atoms with Gasteiger partial charge in [0.2, 0.25) is 0 Å². The summed E-state index contributed by atoms with van der Waals surface area (Å²) in [5.74, 6) is 0.202. The summed E-state index contributed by atoms with van der Waals surface area (Å²) >= 11 is 18.4. The molecule has 0 atom stereocenters. The average Bonchev–Trinajstić information content (AvgIpc) is 2.79. The van der Waals surface area contributed by atoms with Crippen LogP contribution in [0.4, 0.5) is 4.39 Å². The lowest BCUT2D eigenvalue weighted by atomic mass is 10.2. The maximum absolute atomic E-state index is 13.8. The molecule has 2 nitrogen and oxygen atoms in total. The van der Waals surface area contributed by atoms with Crippen molar-refractivity contribution >= 4 is 45.8 Å². The fraction of sp³-hybridized carbons (Fsp3) is 0.0714. The van der Waals surface area contributed by atoms with E-state index in [0.717, 1.165) is 0 Å². The molecule has 0 saturated carbocycles. The number of hydrogen-bond donors (Lipinski definition) is 0. The van der Waals surface area contributed by atoms with Crippen molar-refractivity contribution < 1.29 is 4.39 Å². The quantitative estimate of drug-likeness (QED) is 0.590. The lowest BCUT2D eigenvalue weighted by Crippen LogP contribution is -2.01. The van der Waals surface area contributed by atoms with E-state index >= 15 is 0 Å². The molecule has 102 valence electrons. The molecule has 0 amide bonds. The highest BCUT2D eigenvalue weighted by Crippen LogP contribution is 2.33. The Bertz CT molecular complexity index is 778. The third kappa shape index (κ3) is 2.06. The van der Waals surface area contributed by atoms with Crippen LogP contribution in [0.25, 0.3) is 16.7 Å². The first-order valence-electron chi connectivity index (χ1n) is 5.79. The van der Waals surface area contributed by atoms with Crippen LogP contribution in [0.5, 0.6) is 0 Å². The molecule has 0 fully saturated rings. The minimum Gasteiger partial charge on any atom is -0.292 e. The Hall–Kier alpha value is -1.29. The fourth-order valence-corrected chi connectivity index (χ4v) is 2.90. The minimum atomic E-state index is -0.407. The smallest absolute Gasteiger partial charge is 0.151 e. The van der Waals surface area contributed by atoms with Crippen LogP contribution in [0.1, 0.15) is 5.82 Å². The van der Waals surface area contributed by atoms with Crippen molar-refractivity contribution in [3.05, 3.63) is 58.1 Å². The summed E-state index contributed by atoms with van der Waals surface area (Å²) in [7, 11) is 0. The first-order valence-corrected chi connectivity index (χ1v) is 7.08. The number of alkyl halides is 1. The van der Waals surface area contributed by atoms with Crippen molar-refractivity contribution in [3.63, 3.8) is 0 Å². The van der Waals surface area contributed by atoms with Gasteiger partial charge in [-0.1, -0.05) is 35.3 Å². The van der Waals surface area contributed by atoms with Gasteiger partial charge in [-0.05, 0) is 24.3 Å². The number of hydrogen-bond acceptors (Lipinski definition) is 1. The summed E-state index contributed by atoms with van der Waals surface area (Å²) in [6.45, 7) is 0. The van der Waals surface area contributed by atoms with Crippen molar-refractivity contribution in [3.8, 4) is 5.69 Å². The molecule has 0 aliphatic rings. The number of aromatic nitrogens is 2. The Morgan fingerprint density at radius 3 is 2.35 bits per heavy atom. The highest BCUT2D eigenvalue weighted by molar-refractivity contribution is 6.37. The van der Waals surface area contributed by atoms with Gasteiger partial charge in [0.25, 0.3) is 0 Å². The second-order valence-corrected chi connectivity index (χ2v) is 5.26. The van der Waals surface area contributed by atoms with E-state index in [2.05, 4.69) is 4.98 Å². The zero-order valence-electron chi connectivity index (χ0n) is 10.1. The van der Waals surface area contributed by atoms with Gasteiger partial charge in [0.15, 0.2) is 5.82 Å². The molecule has 6 heteroatoms. The zero-order chi connectivity index (χ0) is 14.3. The molecular weight excluding hydrogens is 322 g/mol. The average molecular weight is 330 g/mol. The van der Waals surface area contributed by atoms with E-state index in [1.807, 2.05) is 0 Å². The molecule has 1 aromatic heterocycles. The molecule has 3 rings (SSSR count). The van der Waals surface area contributed by atoms with E-state index in [1.54, 1.807) is 34.9 Å². The molecule has 0 unspecified atom stereocenters. The van der Waals surface area contributed by atoms with Crippen molar-refractivity contribution in [2.45, 2.75) is 5.88 Å². The Morgan fingerprint density at radius 2 is 1.70 bits per heavy atom. The predicted octanol–water partition coefficient (Wildman–Crippen LogP) is 5.21. The largest absolute Gasteiger partial charge is 0.292 e. The molecule has 0 aliphatic heterocycles. The van der Waals surface area contributed by atoms with Crippen LogP contribution in [-0.4, -0.2) is 9.55 Å². The van der Waals surface area contributed by atoms with E-state index < -0.39 is 5.82 Å². The number of rotatable bonds is 2. The lowest BCUT2D eigenvalue weighted by molar-refractivity contribution is 0.637. The third-order valence-electron chi connectivity index (χ3n) is 2.99. The van der Waals surface area contributed by atoms with Gasteiger partial charge in [-0.15, -0.1) is 11.6 Å². The summed E-state index contributed by atoms with van der Waals surface area (Å²) in [5, 5.41) is 0.903. The summed E-state index contributed by atoms with van der Waals surface area (Å²) in [6.07, 6.45) is 0. The topological polar surface area (TPSA) is 17.8 Å². The Morgan fingerprint density at radius 1 is 1.05 bits per heavy atom. The molecule has 3 aromatic rings. The molecular formula is C14H8Cl3FN2. The second-order valence-electron chi connectivity index (χ2n) is 4.17. The minimum absolute atomic E-state index is 0.121. The number of para-hydroxylation sites is 2. The molecule has 0 N–H and O–H groups in total. The first-order chi connectivity index (χ1) is 9.63. The monoisotopic (exact) mass is 328 g/mol. The van der Waals surface area contributed by atoms with Crippen molar-refractivity contribution in [2.75, 3.05) is 0 Å². The number of halogens is 4. The third-order valence-corrected chi connectivity index (χ3v) is 3.84. The van der Waals surface area contributed by atoms with Crippen LogP contribution in [0.2, 0.25) is 10.0 Å². The highest BCUT2D eigenvalue weighted by atomic mass is 35.5. The Kier molecular flexibility index (Phi) is 3.59. The highest BCUT2D eigenvalue weighted by Gasteiger charge is 2.18. The van der Waals surface area contributed by atoms with Gasteiger partial charge >= 0.3 is 0 Å². The molecule has 0 saturated heterocycles. The first kappa shape index (κ1) is 13.7. The van der Waals surface area contributed by atoms with Gasteiger partial charge in [-0.3, -0.25) is 4.57 Å². The number of benzene rings is 2. The molecule has 0 radical (unpaired) electrons. The van der Waals surface area contributed by atoms with E-state index in [0.29, 0.717) is 27.1 Å². The lowest BCUT2D eigenvalue weighted by Gasteiger charge is -2.11. The maximum Gasteiger partial charge on any atom is 0.151 e. The van der Waals surface area contributed by atoms with Crippen LogP contribution in [-0.2, 0) is 5.88 Å². The maximum atomic E-state index is 13.8. The van der Waals surface area contributed by atoms with E-state index in [-0.39, 0.29) is 11.4 Å². The zero-order valence-corrected chi connectivity index (χ0v) is 12.3. The van der Waals surface area contributed by atoms with Gasteiger partial charge in [-0.2, -0.15) is 0 Å². The molecule has 0 aliphatic carbocycles. The van der Waals surface area contributed by atoms with Crippen LogP contribution in [0.15, 0.2) is 36.4 Å². The van der Waals surface area contributed by atoms with Gasteiger partial charge in [0, 0.05) is 0 Å². The Balaban J connectivity index is 2.44. The van der Waals surface area contributed by atoms with Gasteiger partial charge in [0.1, 0.15) is 11.3 Å². The summed E-state index contributed by atoms with van der Waals surface area (Å²) in [5.41, 5.74) is 1.38. The predicted molar refractivity (Wildman–Crippen MR) is 80.6 cm³/mol. The van der Waals surface area contributed by atoms with Crippen molar-refractivity contribution in [1.29, 1.82) is 0 Å². The van der Waals surface area contributed by atoms with Crippen LogP contribution in [0, 0.1) is 5.82 Å². The van der Waals surface area contributed by atoms with Crippen molar-refractivity contribution in [1.82, 2.24) is 9.55 Å². The molecule has 20 heavy (non-hydrogen) atoms. The Labute approximate surface area is 129 Å². The molecule has 0 spiro atoms. The summed E-state index contributed by atoms with van der Waals surface area (Å²) < 4.78 is 15.5. The number of imidazole rings is 1. The van der Waals surface area contributed by atoms with E-state index in [4.69, 9.17) is 34.8 Å². The van der Waals surface area contributed by atoms with Crippen LogP contribution < -0.4 is 0 Å². The SMILES string of the molecule is Fc1cccc2c1nc(CCl)n2-c1c(Cl)cccc1Cl. The summed E-state index contributed by atoms with van der Waals surface area (Å²) in [6, 6.07) is 9.89. The molecule has 1 heterocycles. The van der Waals surface area contributed by atoms with Gasteiger partial charge < -0.3 is 0 Å². The van der Waals surface area contributed by atoms with E-state index in [9.17, 15) is 4.39 Å². The second kappa shape index (κ2) is 5.24. The molecule has 0 bridgehead atoms. The van der Waals surface area contributed by atoms with Crippen LogP contribution >= 0.6 is 34.8 Å². The van der Waals surface area contributed by atoms with Crippen molar-refractivity contribution in [2.24, 2.45) is 0 Å². The van der Waals surface area contributed by atoms with Crippen LogP contribution in [0.3, 0.4) is 0 Å². The number of nitrogens with zero attached hydrogens (tertiary/aromatic N) is 2. The summed E-state index contributed by atoms with van der Waals surface area (Å²) in [4.78, 5) is 4.23. The number of fused-ring (bicyclic) bond motifs is 1. The van der Waals surface area contributed by atoms with Gasteiger partial charge in [-0.25, -0.2) is 9.37 Å². The molecule has 2 aromatic carbocycles. The standard InChI is InChI=1S/C14H8Cl3FN2/c15-7-12-19-13-10(18)5-2-6-11(13)20(12)14-8(16)3-1-4-9(14)17/h1-6H,7H2. The van der Waals surface area contributed by atoms with Gasteiger partial charge in [0.05, 0.1) is 27.1 Å². The van der Waals surface area contributed by atoms with E-state index in [1.165, 1.54) is 6.07 Å². The normalized spacial score (nSPS) is 11.2.